The molecule has 3 aromatic rings. The highest BCUT2D eigenvalue weighted by Crippen LogP contribution is 2.28. The Bertz CT molecular complexity index is 967. The van der Waals surface area contributed by atoms with E-state index in [-0.39, 0.29) is 5.91 Å². The molecule has 1 aromatic heterocycles. The zero-order valence-corrected chi connectivity index (χ0v) is 16.6. The van der Waals surface area contributed by atoms with Crippen molar-refractivity contribution >= 4 is 16.8 Å². The lowest BCUT2D eigenvalue weighted by Gasteiger charge is -2.18. The van der Waals surface area contributed by atoms with E-state index in [0.717, 1.165) is 22.2 Å². The van der Waals surface area contributed by atoms with Crippen LogP contribution in [0.15, 0.2) is 42.6 Å². The second-order valence-corrected chi connectivity index (χ2v) is 6.48. The molecule has 2 aromatic carbocycles. The highest BCUT2D eigenvalue weighted by Gasteiger charge is 2.13. The summed E-state index contributed by atoms with van der Waals surface area (Å²) in [6.07, 6.45) is 2.16. The van der Waals surface area contributed by atoms with E-state index in [1.807, 2.05) is 41.1 Å². The number of fused-ring (bicyclic) bond motifs is 1. The fourth-order valence-electron chi connectivity index (χ4n) is 3.10. The van der Waals surface area contributed by atoms with E-state index < -0.39 is 0 Å². The van der Waals surface area contributed by atoms with Crippen molar-refractivity contribution in [1.82, 2.24) is 14.7 Å². The maximum absolute atomic E-state index is 12.6. The normalized spacial score (nSPS) is 10.7. The van der Waals surface area contributed by atoms with Crippen LogP contribution in [-0.4, -0.2) is 49.0 Å². The van der Waals surface area contributed by atoms with Crippen molar-refractivity contribution in [3.63, 3.8) is 0 Å². The predicted octanol–water partition coefficient (Wildman–Crippen LogP) is 3.11. The van der Waals surface area contributed by atoms with Gasteiger partial charge in [0.05, 0.1) is 39.6 Å². The minimum atomic E-state index is 0.0481. The molecule has 0 atom stereocenters. The van der Waals surface area contributed by atoms with Gasteiger partial charge in [0.15, 0.2) is 11.5 Å². The summed E-state index contributed by atoms with van der Waals surface area (Å²) in [6.45, 7) is 1.02. The summed E-state index contributed by atoms with van der Waals surface area (Å²) in [5.41, 5.74) is 1.96. The lowest BCUT2D eigenvalue weighted by atomic mass is 10.2. The van der Waals surface area contributed by atoms with Crippen molar-refractivity contribution in [3.05, 3.63) is 48.2 Å². The summed E-state index contributed by atoms with van der Waals surface area (Å²) < 4.78 is 17.7. The molecule has 7 nitrogen and oxygen atoms in total. The molecule has 1 heterocycles. The van der Waals surface area contributed by atoms with Crippen molar-refractivity contribution in [2.45, 2.75) is 19.5 Å². The molecule has 0 radical (unpaired) electrons. The average Bonchev–Trinajstić information content (AvgIpc) is 3.13. The molecule has 7 heteroatoms. The molecule has 0 aliphatic rings. The Labute approximate surface area is 164 Å². The number of hydrogen-bond acceptors (Lipinski definition) is 5. The molecule has 0 aliphatic carbocycles. The van der Waals surface area contributed by atoms with Gasteiger partial charge in [-0.1, -0.05) is 6.07 Å². The topological polar surface area (TPSA) is 65.8 Å². The van der Waals surface area contributed by atoms with E-state index in [1.54, 1.807) is 39.5 Å². The zero-order chi connectivity index (χ0) is 20.1. The Morgan fingerprint density at radius 2 is 1.82 bits per heavy atom. The fourth-order valence-corrected chi connectivity index (χ4v) is 3.10. The molecule has 28 heavy (non-hydrogen) atoms. The minimum Gasteiger partial charge on any atom is -0.497 e. The van der Waals surface area contributed by atoms with Crippen LogP contribution in [0.1, 0.15) is 12.0 Å². The van der Waals surface area contributed by atoms with Crippen LogP contribution in [0.5, 0.6) is 17.2 Å². The molecular weight excluding hydrogens is 358 g/mol. The zero-order valence-electron chi connectivity index (χ0n) is 16.6. The first-order valence-corrected chi connectivity index (χ1v) is 9.00. The van der Waals surface area contributed by atoms with Gasteiger partial charge in [-0.3, -0.25) is 9.48 Å². The van der Waals surface area contributed by atoms with Crippen LogP contribution in [0.25, 0.3) is 10.9 Å². The lowest BCUT2D eigenvalue weighted by molar-refractivity contribution is -0.130. The summed E-state index contributed by atoms with van der Waals surface area (Å²) in [6, 6.07) is 11.4. The minimum absolute atomic E-state index is 0.0481. The van der Waals surface area contributed by atoms with Gasteiger partial charge in [-0.05, 0) is 35.9 Å². The predicted molar refractivity (Wildman–Crippen MR) is 107 cm³/mol. The number of carbonyl (C=O) groups is 1. The second-order valence-electron chi connectivity index (χ2n) is 6.48. The first-order valence-electron chi connectivity index (χ1n) is 9.00. The number of aryl methyl sites for hydroxylation is 1. The molecule has 148 valence electrons. The van der Waals surface area contributed by atoms with E-state index >= 15 is 0 Å². The molecule has 0 bridgehead atoms. The SMILES string of the molecule is COc1ccc2c(cnn2CCC(=O)N(C)Cc2ccc(OC)c(OC)c2)c1. The Balaban J connectivity index is 1.62. The number of ether oxygens (including phenoxy) is 3. The molecule has 0 N–H and O–H groups in total. The fraction of sp³-hybridized carbons (Fsp3) is 0.333. The van der Waals surface area contributed by atoms with Gasteiger partial charge in [0.1, 0.15) is 5.75 Å². The summed E-state index contributed by atoms with van der Waals surface area (Å²) in [4.78, 5) is 14.3. The molecule has 0 spiro atoms. The Morgan fingerprint density at radius 1 is 1.04 bits per heavy atom. The number of amides is 1. The molecule has 0 unspecified atom stereocenters. The van der Waals surface area contributed by atoms with Crippen LogP contribution in [0, 0.1) is 0 Å². The van der Waals surface area contributed by atoms with Gasteiger partial charge in [0, 0.05) is 25.4 Å². The highest BCUT2D eigenvalue weighted by molar-refractivity contribution is 5.80. The third-order valence-electron chi connectivity index (χ3n) is 4.68. The first kappa shape index (κ1) is 19.5. The second kappa shape index (κ2) is 8.65. The van der Waals surface area contributed by atoms with Crippen LogP contribution in [-0.2, 0) is 17.9 Å². The number of aromatic nitrogens is 2. The number of nitrogens with zero attached hydrogens (tertiary/aromatic N) is 3. The molecule has 0 saturated carbocycles. The van der Waals surface area contributed by atoms with Gasteiger partial charge in [0.25, 0.3) is 0 Å². The monoisotopic (exact) mass is 383 g/mol. The molecule has 0 saturated heterocycles. The maximum atomic E-state index is 12.6. The van der Waals surface area contributed by atoms with Crippen molar-refractivity contribution in [1.29, 1.82) is 0 Å². The van der Waals surface area contributed by atoms with E-state index in [9.17, 15) is 4.79 Å². The van der Waals surface area contributed by atoms with Crippen LogP contribution < -0.4 is 14.2 Å². The third-order valence-corrected chi connectivity index (χ3v) is 4.68. The summed E-state index contributed by atoms with van der Waals surface area (Å²) in [5, 5.41) is 5.38. The van der Waals surface area contributed by atoms with E-state index in [0.29, 0.717) is 31.0 Å². The Kier molecular flexibility index (Phi) is 6.03. The number of methoxy groups -OCH3 is 3. The van der Waals surface area contributed by atoms with Gasteiger partial charge in [-0.2, -0.15) is 5.10 Å². The molecular formula is C21H25N3O4. The van der Waals surface area contributed by atoms with Crippen molar-refractivity contribution in [2.75, 3.05) is 28.4 Å². The highest BCUT2D eigenvalue weighted by atomic mass is 16.5. The first-order chi connectivity index (χ1) is 13.5. The summed E-state index contributed by atoms with van der Waals surface area (Å²) in [7, 11) is 6.63. The van der Waals surface area contributed by atoms with Crippen LogP contribution in [0.3, 0.4) is 0 Å². The van der Waals surface area contributed by atoms with Crippen LogP contribution >= 0.6 is 0 Å². The smallest absolute Gasteiger partial charge is 0.224 e. The molecule has 0 aliphatic heterocycles. The summed E-state index contributed by atoms with van der Waals surface area (Å²) >= 11 is 0. The van der Waals surface area contributed by atoms with Crippen molar-refractivity contribution in [3.8, 4) is 17.2 Å². The quantitative estimate of drug-likeness (QED) is 0.598. The van der Waals surface area contributed by atoms with E-state index in [2.05, 4.69) is 5.10 Å². The van der Waals surface area contributed by atoms with Gasteiger partial charge >= 0.3 is 0 Å². The van der Waals surface area contributed by atoms with E-state index in [4.69, 9.17) is 14.2 Å². The van der Waals surface area contributed by atoms with Crippen LogP contribution in [0.2, 0.25) is 0 Å². The standard InChI is InChI=1S/C21H25N3O4/c1-23(14-15-5-8-19(27-3)20(11-15)28-4)21(25)9-10-24-18-7-6-17(26-2)12-16(18)13-22-24/h5-8,11-13H,9-10,14H2,1-4H3. The maximum Gasteiger partial charge on any atom is 0.224 e. The van der Waals surface area contributed by atoms with Gasteiger partial charge in [-0.25, -0.2) is 0 Å². The molecule has 1 amide bonds. The van der Waals surface area contributed by atoms with Crippen molar-refractivity contribution < 1.29 is 19.0 Å². The summed E-state index contributed by atoms with van der Waals surface area (Å²) in [5.74, 6) is 2.16. The number of hydrogen-bond donors (Lipinski definition) is 0. The molecule has 3 rings (SSSR count). The van der Waals surface area contributed by atoms with Gasteiger partial charge in [-0.15, -0.1) is 0 Å². The lowest BCUT2D eigenvalue weighted by Crippen LogP contribution is -2.27. The van der Waals surface area contributed by atoms with Crippen LogP contribution in [0.4, 0.5) is 0 Å². The Morgan fingerprint density at radius 3 is 2.54 bits per heavy atom. The van der Waals surface area contributed by atoms with Crippen molar-refractivity contribution in [2.24, 2.45) is 0 Å². The Hall–Kier alpha value is -3.22. The molecule has 0 fully saturated rings. The van der Waals surface area contributed by atoms with E-state index in [1.165, 1.54) is 0 Å². The van der Waals surface area contributed by atoms with Gasteiger partial charge in [0.2, 0.25) is 5.91 Å². The number of carbonyl (C=O) groups excluding carboxylic acids is 1. The third kappa shape index (κ3) is 4.19. The van der Waals surface area contributed by atoms with Gasteiger partial charge < -0.3 is 19.1 Å². The average molecular weight is 383 g/mol. The largest absolute Gasteiger partial charge is 0.497 e. The number of benzene rings is 2. The number of rotatable bonds is 8.